The second-order valence-corrected chi connectivity index (χ2v) is 8.09. The quantitative estimate of drug-likeness (QED) is 0.237. The summed E-state index contributed by atoms with van der Waals surface area (Å²) >= 11 is 0. The highest BCUT2D eigenvalue weighted by Crippen LogP contribution is 2.24. The van der Waals surface area contributed by atoms with Crippen LogP contribution in [0.3, 0.4) is 0 Å². The van der Waals surface area contributed by atoms with E-state index in [1.807, 2.05) is 18.2 Å². The molecular formula is C29H28O6. The van der Waals surface area contributed by atoms with Crippen molar-refractivity contribution in [3.8, 4) is 5.75 Å². The fourth-order valence-corrected chi connectivity index (χ4v) is 3.59. The van der Waals surface area contributed by atoms with E-state index >= 15 is 0 Å². The van der Waals surface area contributed by atoms with E-state index in [1.165, 1.54) is 18.2 Å². The first-order valence-electron chi connectivity index (χ1n) is 11.5. The van der Waals surface area contributed by atoms with Gasteiger partial charge in [0.2, 0.25) is 0 Å². The number of benzene rings is 3. The highest BCUT2D eigenvalue weighted by molar-refractivity contribution is 6.10. The van der Waals surface area contributed by atoms with Gasteiger partial charge in [0, 0.05) is 17.5 Å². The minimum absolute atomic E-state index is 0.0283. The standard InChI is InChI=1S/C29H28O6/c30-27(31)17-15-22-19-24(28(32)23-12-8-13-25(20-23)29(33)34)14-16-26(22)35-18-7-2-1-4-9-21-10-5-3-6-11-21/h3-6,8-14,16,19-20H,1-2,7,15,17-18H2,(H,30,31)(H,33,34)/b9-4+. The molecule has 0 saturated carbocycles. The Morgan fingerprint density at radius 3 is 2.29 bits per heavy atom. The third kappa shape index (κ3) is 7.96. The second kappa shape index (κ2) is 12.9. The van der Waals surface area contributed by atoms with Crippen LogP contribution >= 0.6 is 0 Å². The number of carbonyl (C=O) groups excluding carboxylic acids is 1. The number of hydrogen-bond acceptors (Lipinski definition) is 4. The van der Waals surface area contributed by atoms with E-state index in [4.69, 9.17) is 9.84 Å². The van der Waals surface area contributed by atoms with E-state index in [1.54, 1.807) is 24.3 Å². The first-order chi connectivity index (χ1) is 16.9. The maximum Gasteiger partial charge on any atom is 0.335 e. The van der Waals surface area contributed by atoms with Gasteiger partial charge in [-0.15, -0.1) is 0 Å². The van der Waals surface area contributed by atoms with Gasteiger partial charge in [-0.25, -0.2) is 4.79 Å². The molecular weight excluding hydrogens is 444 g/mol. The molecule has 6 heteroatoms. The summed E-state index contributed by atoms with van der Waals surface area (Å²) in [7, 11) is 0. The molecule has 0 aliphatic heterocycles. The Hall–Kier alpha value is -4.19. The van der Waals surface area contributed by atoms with Gasteiger partial charge in [-0.3, -0.25) is 9.59 Å². The maximum atomic E-state index is 12.9. The predicted molar refractivity (Wildman–Crippen MR) is 134 cm³/mol. The summed E-state index contributed by atoms with van der Waals surface area (Å²) in [6.45, 7) is 0.479. The van der Waals surface area contributed by atoms with Crippen LogP contribution < -0.4 is 4.74 Å². The summed E-state index contributed by atoms with van der Waals surface area (Å²) in [5, 5.41) is 18.3. The predicted octanol–water partition coefficient (Wildman–Crippen LogP) is 5.90. The van der Waals surface area contributed by atoms with E-state index in [-0.39, 0.29) is 29.8 Å². The molecule has 180 valence electrons. The molecule has 0 aromatic heterocycles. The molecule has 0 spiro atoms. The van der Waals surface area contributed by atoms with Gasteiger partial charge in [0.25, 0.3) is 0 Å². The van der Waals surface area contributed by atoms with E-state index in [0.717, 1.165) is 24.8 Å². The normalized spacial score (nSPS) is 10.9. The van der Waals surface area contributed by atoms with Crippen molar-refractivity contribution in [2.24, 2.45) is 0 Å². The number of carbonyl (C=O) groups is 3. The van der Waals surface area contributed by atoms with E-state index in [9.17, 15) is 19.5 Å². The zero-order valence-electron chi connectivity index (χ0n) is 19.4. The Morgan fingerprint density at radius 1 is 0.800 bits per heavy atom. The lowest BCUT2D eigenvalue weighted by Gasteiger charge is -2.13. The summed E-state index contributed by atoms with van der Waals surface area (Å²) in [5.41, 5.74) is 2.44. The largest absolute Gasteiger partial charge is 0.493 e. The number of aromatic carboxylic acids is 1. The van der Waals surface area contributed by atoms with Crippen LogP contribution in [0.15, 0.2) is 78.9 Å². The molecule has 2 N–H and O–H groups in total. The summed E-state index contributed by atoms with van der Waals surface area (Å²) < 4.78 is 5.92. The lowest BCUT2D eigenvalue weighted by molar-refractivity contribution is -0.136. The molecule has 0 bridgehead atoms. The number of carboxylic acid groups (broad SMARTS) is 2. The first kappa shape index (κ1) is 25.4. The fraction of sp³-hybridized carbons (Fsp3) is 0.207. The molecule has 3 aromatic carbocycles. The molecule has 0 heterocycles. The van der Waals surface area contributed by atoms with Crippen molar-refractivity contribution >= 4 is 23.8 Å². The average Bonchev–Trinajstić information content (AvgIpc) is 2.87. The molecule has 0 radical (unpaired) electrons. The van der Waals surface area contributed by atoms with Gasteiger partial charge in [0.05, 0.1) is 12.2 Å². The molecule has 3 rings (SSSR count). The number of aliphatic carboxylic acids is 1. The lowest BCUT2D eigenvalue weighted by atomic mass is 9.98. The van der Waals surface area contributed by atoms with Crippen LogP contribution in [0.1, 0.15) is 63.1 Å². The second-order valence-electron chi connectivity index (χ2n) is 8.09. The number of rotatable bonds is 13. The van der Waals surface area contributed by atoms with Crippen LogP contribution in [-0.2, 0) is 11.2 Å². The number of aryl methyl sites for hydroxylation is 1. The Labute approximate surface area is 204 Å². The Balaban J connectivity index is 1.62. The van der Waals surface area contributed by atoms with Gasteiger partial charge in [0.15, 0.2) is 5.78 Å². The monoisotopic (exact) mass is 472 g/mol. The van der Waals surface area contributed by atoms with Crippen molar-refractivity contribution in [1.29, 1.82) is 0 Å². The third-order valence-corrected chi connectivity index (χ3v) is 5.44. The van der Waals surface area contributed by atoms with Crippen LogP contribution in [0.2, 0.25) is 0 Å². The van der Waals surface area contributed by atoms with Crippen molar-refractivity contribution in [2.45, 2.75) is 32.1 Å². The highest BCUT2D eigenvalue weighted by Gasteiger charge is 2.15. The fourth-order valence-electron chi connectivity index (χ4n) is 3.59. The van der Waals surface area contributed by atoms with Gasteiger partial charge >= 0.3 is 11.9 Å². The van der Waals surface area contributed by atoms with Crippen LogP contribution in [-0.4, -0.2) is 34.5 Å². The van der Waals surface area contributed by atoms with Crippen molar-refractivity contribution in [3.63, 3.8) is 0 Å². The molecule has 0 aliphatic rings. The number of ketones is 1. The van der Waals surface area contributed by atoms with Gasteiger partial charge in [-0.2, -0.15) is 0 Å². The molecule has 0 fully saturated rings. The topological polar surface area (TPSA) is 101 Å². The van der Waals surface area contributed by atoms with Crippen LogP contribution in [0.5, 0.6) is 5.75 Å². The van der Waals surface area contributed by atoms with Crippen molar-refractivity contribution in [2.75, 3.05) is 6.61 Å². The smallest absolute Gasteiger partial charge is 0.335 e. The van der Waals surface area contributed by atoms with E-state index in [0.29, 0.717) is 23.5 Å². The van der Waals surface area contributed by atoms with E-state index in [2.05, 4.69) is 24.3 Å². The molecule has 0 saturated heterocycles. The molecule has 0 amide bonds. The SMILES string of the molecule is O=C(O)CCc1cc(C(=O)c2cccc(C(=O)O)c2)ccc1OCCCC/C=C/c1ccccc1. The molecule has 0 atom stereocenters. The molecule has 6 nitrogen and oxygen atoms in total. The molecule has 3 aromatic rings. The lowest BCUT2D eigenvalue weighted by Crippen LogP contribution is -2.07. The van der Waals surface area contributed by atoms with E-state index < -0.39 is 11.9 Å². The van der Waals surface area contributed by atoms with Crippen molar-refractivity contribution in [1.82, 2.24) is 0 Å². The summed E-state index contributed by atoms with van der Waals surface area (Å²) in [4.78, 5) is 35.3. The van der Waals surface area contributed by atoms with Crippen LogP contribution in [0.4, 0.5) is 0 Å². The van der Waals surface area contributed by atoms with Crippen molar-refractivity contribution < 1.29 is 29.3 Å². The number of hydrogen-bond donors (Lipinski definition) is 2. The summed E-state index contributed by atoms with van der Waals surface area (Å²) in [6, 6.07) is 20.9. The number of ether oxygens (including phenoxy) is 1. The Morgan fingerprint density at radius 2 is 1.54 bits per heavy atom. The summed E-state index contributed by atoms with van der Waals surface area (Å²) in [5.74, 6) is -1.82. The Kier molecular flexibility index (Phi) is 9.37. The van der Waals surface area contributed by atoms with Crippen LogP contribution in [0, 0.1) is 0 Å². The highest BCUT2D eigenvalue weighted by atomic mass is 16.5. The summed E-state index contributed by atoms with van der Waals surface area (Å²) in [6.07, 6.45) is 7.06. The number of unbranched alkanes of at least 4 members (excludes halogenated alkanes) is 2. The zero-order chi connectivity index (χ0) is 25.0. The molecule has 0 aliphatic carbocycles. The first-order valence-corrected chi connectivity index (χ1v) is 11.5. The zero-order valence-corrected chi connectivity index (χ0v) is 19.4. The minimum Gasteiger partial charge on any atom is -0.493 e. The van der Waals surface area contributed by atoms with Crippen molar-refractivity contribution in [3.05, 3.63) is 107 Å². The maximum absolute atomic E-state index is 12.9. The van der Waals surface area contributed by atoms with Gasteiger partial charge < -0.3 is 14.9 Å². The number of allylic oxidation sites excluding steroid dienone is 1. The minimum atomic E-state index is -1.11. The van der Waals surface area contributed by atoms with Gasteiger partial charge in [-0.1, -0.05) is 54.6 Å². The van der Waals surface area contributed by atoms with Gasteiger partial charge in [-0.05, 0) is 67.1 Å². The average molecular weight is 473 g/mol. The van der Waals surface area contributed by atoms with Crippen LogP contribution in [0.25, 0.3) is 6.08 Å². The molecule has 0 unspecified atom stereocenters. The third-order valence-electron chi connectivity index (χ3n) is 5.44. The Bertz CT molecular complexity index is 1200. The molecule has 35 heavy (non-hydrogen) atoms. The van der Waals surface area contributed by atoms with Gasteiger partial charge in [0.1, 0.15) is 5.75 Å². The number of carboxylic acids is 2.